The second-order valence-electron chi connectivity index (χ2n) is 3.10. The lowest BCUT2D eigenvalue weighted by Crippen LogP contribution is -2.01. The molecule has 0 saturated heterocycles. The maximum atomic E-state index is 9.61. The Morgan fingerprint density at radius 3 is 2.77 bits per heavy atom. The van der Waals surface area contributed by atoms with E-state index in [9.17, 15) is 5.11 Å². The number of aliphatic hydroxyl groups excluding tert-OH is 1. The van der Waals surface area contributed by atoms with Gasteiger partial charge in [-0.05, 0) is 25.0 Å². The molecule has 72 valence electrons. The van der Waals surface area contributed by atoms with Crippen molar-refractivity contribution in [1.82, 2.24) is 4.98 Å². The lowest BCUT2D eigenvalue weighted by molar-refractivity contribution is 0.172. The van der Waals surface area contributed by atoms with E-state index in [0.717, 1.165) is 23.4 Å². The van der Waals surface area contributed by atoms with Gasteiger partial charge < -0.3 is 10.4 Å². The van der Waals surface area contributed by atoms with E-state index in [2.05, 4.69) is 10.3 Å². The van der Waals surface area contributed by atoms with Crippen LogP contribution >= 0.6 is 0 Å². The van der Waals surface area contributed by atoms with Gasteiger partial charge in [-0.15, -0.1) is 0 Å². The van der Waals surface area contributed by atoms with Crippen molar-refractivity contribution in [2.75, 3.05) is 12.4 Å². The van der Waals surface area contributed by atoms with E-state index in [0.29, 0.717) is 0 Å². The highest BCUT2D eigenvalue weighted by Gasteiger charge is 2.08. The number of anilines is 1. The summed E-state index contributed by atoms with van der Waals surface area (Å²) >= 11 is 0. The van der Waals surface area contributed by atoms with Crippen molar-refractivity contribution in [2.24, 2.45) is 0 Å². The van der Waals surface area contributed by atoms with Gasteiger partial charge in [0.15, 0.2) is 0 Å². The molecule has 1 aromatic rings. The topological polar surface area (TPSA) is 45.2 Å². The minimum atomic E-state index is -0.390. The van der Waals surface area contributed by atoms with Gasteiger partial charge in [0.05, 0.1) is 6.10 Å². The average Bonchev–Trinajstić information content (AvgIpc) is 2.16. The Kier molecular flexibility index (Phi) is 3.25. The smallest absolute Gasteiger partial charge is 0.125 e. The van der Waals surface area contributed by atoms with Crippen molar-refractivity contribution in [3.05, 3.63) is 23.4 Å². The highest BCUT2D eigenvalue weighted by molar-refractivity contribution is 5.40. The van der Waals surface area contributed by atoms with E-state index in [1.807, 2.05) is 27.0 Å². The minimum Gasteiger partial charge on any atom is -0.388 e. The summed E-state index contributed by atoms with van der Waals surface area (Å²) in [7, 11) is 1.83. The van der Waals surface area contributed by atoms with E-state index in [1.54, 1.807) is 6.20 Å². The summed E-state index contributed by atoms with van der Waals surface area (Å²) in [6.07, 6.45) is 2.06. The van der Waals surface area contributed by atoms with Crippen molar-refractivity contribution >= 4 is 5.82 Å². The average molecular weight is 180 g/mol. The second kappa shape index (κ2) is 4.23. The van der Waals surface area contributed by atoms with Gasteiger partial charge in [0.25, 0.3) is 0 Å². The van der Waals surface area contributed by atoms with Gasteiger partial charge in [0, 0.05) is 18.8 Å². The molecule has 0 aromatic carbocycles. The van der Waals surface area contributed by atoms with Crippen LogP contribution in [0.1, 0.15) is 30.6 Å². The van der Waals surface area contributed by atoms with E-state index < -0.39 is 6.10 Å². The molecule has 0 radical (unpaired) electrons. The van der Waals surface area contributed by atoms with Gasteiger partial charge in [-0.2, -0.15) is 0 Å². The summed E-state index contributed by atoms with van der Waals surface area (Å²) in [6.45, 7) is 3.94. The molecular weight excluding hydrogens is 164 g/mol. The van der Waals surface area contributed by atoms with Gasteiger partial charge in [0.2, 0.25) is 0 Å². The zero-order valence-corrected chi connectivity index (χ0v) is 8.33. The molecule has 0 aliphatic rings. The maximum absolute atomic E-state index is 9.61. The van der Waals surface area contributed by atoms with E-state index >= 15 is 0 Å². The first-order chi connectivity index (χ1) is 6.19. The normalized spacial score (nSPS) is 12.6. The van der Waals surface area contributed by atoms with E-state index in [-0.39, 0.29) is 0 Å². The minimum absolute atomic E-state index is 0.390. The summed E-state index contributed by atoms with van der Waals surface area (Å²) in [4.78, 5) is 4.16. The molecule has 0 amide bonds. The van der Waals surface area contributed by atoms with Crippen LogP contribution in [0.15, 0.2) is 12.3 Å². The number of nitrogens with one attached hydrogen (secondary N) is 1. The van der Waals surface area contributed by atoms with Crippen molar-refractivity contribution in [2.45, 2.75) is 26.4 Å². The van der Waals surface area contributed by atoms with Crippen LogP contribution in [0.25, 0.3) is 0 Å². The predicted octanol–water partition coefficient (Wildman–Crippen LogP) is 1.88. The molecule has 0 spiro atoms. The van der Waals surface area contributed by atoms with Crippen LogP contribution in [-0.2, 0) is 0 Å². The third-order valence-corrected chi connectivity index (χ3v) is 2.15. The number of hydrogen-bond acceptors (Lipinski definition) is 3. The first-order valence-corrected chi connectivity index (χ1v) is 4.51. The summed E-state index contributed by atoms with van der Waals surface area (Å²) < 4.78 is 0. The number of aryl methyl sites for hydroxylation is 1. The van der Waals surface area contributed by atoms with E-state index in [1.165, 1.54) is 0 Å². The molecule has 1 heterocycles. The molecule has 1 atom stereocenters. The zero-order chi connectivity index (χ0) is 9.84. The fourth-order valence-electron chi connectivity index (χ4n) is 1.27. The number of aliphatic hydroxyl groups is 1. The van der Waals surface area contributed by atoms with Crippen molar-refractivity contribution in [1.29, 1.82) is 0 Å². The number of nitrogens with zero attached hydrogens (tertiary/aromatic N) is 1. The molecule has 3 heteroatoms. The predicted molar refractivity (Wildman–Crippen MR) is 53.8 cm³/mol. The lowest BCUT2D eigenvalue weighted by Gasteiger charge is -2.11. The summed E-state index contributed by atoms with van der Waals surface area (Å²) in [5.74, 6) is 0.838. The van der Waals surface area contributed by atoms with Crippen LogP contribution in [0.3, 0.4) is 0 Å². The Labute approximate surface area is 78.8 Å². The van der Waals surface area contributed by atoms with Crippen LogP contribution in [-0.4, -0.2) is 17.1 Å². The quantitative estimate of drug-likeness (QED) is 0.746. The third kappa shape index (κ3) is 2.18. The van der Waals surface area contributed by atoms with Gasteiger partial charge in [-0.3, -0.25) is 0 Å². The second-order valence-corrected chi connectivity index (χ2v) is 3.10. The molecule has 1 aromatic heterocycles. The summed E-state index contributed by atoms with van der Waals surface area (Å²) in [5, 5.41) is 12.6. The van der Waals surface area contributed by atoms with Crippen LogP contribution in [0.5, 0.6) is 0 Å². The van der Waals surface area contributed by atoms with Gasteiger partial charge in [0.1, 0.15) is 5.82 Å². The van der Waals surface area contributed by atoms with Gasteiger partial charge in [-0.1, -0.05) is 6.92 Å². The third-order valence-electron chi connectivity index (χ3n) is 2.15. The standard InChI is InChI=1S/C10H16N2O/c1-4-9(13)8-6-12-10(11-3)5-7(8)2/h5-6,9,13H,4H2,1-3H3,(H,11,12). The zero-order valence-electron chi connectivity index (χ0n) is 8.33. The number of aromatic nitrogens is 1. The van der Waals surface area contributed by atoms with Gasteiger partial charge >= 0.3 is 0 Å². The largest absolute Gasteiger partial charge is 0.388 e. The van der Waals surface area contributed by atoms with Crippen molar-refractivity contribution in [3.8, 4) is 0 Å². The maximum Gasteiger partial charge on any atom is 0.125 e. The molecule has 0 saturated carbocycles. The van der Waals surface area contributed by atoms with Crippen LogP contribution in [0.2, 0.25) is 0 Å². The molecule has 13 heavy (non-hydrogen) atoms. The molecule has 0 bridgehead atoms. The highest BCUT2D eigenvalue weighted by Crippen LogP contribution is 2.20. The Bertz CT molecular complexity index is 286. The monoisotopic (exact) mass is 180 g/mol. The Morgan fingerprint density at radius 1 is 1.62 bits per heavy atom. The fourth-order valence-corrected chi connectivity index (χ4v) is 1.27. The number of rotatable bonds is 3. The lowest BCUT2D eigenvalue weighted by atomic mass is 10.0. The first kappa shape index (κ1) is 9.99. The Morgan fingerprint density at radius 2 is 2.31 bits per heavy atom. The SMILES string of the molecule is CCC(O)c1cnc(NC)cc1C. The van der Waals surface area contributed by atoms with Gasteiger partial charge in [-0.25, -0.2) is 4.98 Å². The number of hydrogen-bond donors (Lipinski definition) is 2. The molecule has 2 N–H and O–H groups in total. The fraction of sp³-hybridized carbons (Fsp3) is 0.500. The molecular formula is C10H16N2O. The summed E-state index contributed by atoms with van der Waals surface area (Å²) in [6, 6.07) is 1.94. The van der Waals surface area contributed by atoms with E-state index in [4.69, 9.17) is 0 Å². The van der Waals surface area contributed by atoms with Crippen molar-refractivity contribution in [3.63, 3.8) is 0 Å². The highest BCUT2D eigenvalue weighted by atomic mass is 16.3. The number of pyridine rings is 1. The summed E-state index contributed by atoms with van der Waals surface area (Å²) in [5.41, 5.74) is 2.00. The Hall–Kier alpha value is -1.09. The molecule has 0 aliphatic carbocycles. The molecule has 0 aliphatic heterocycles. The van der Waals surface area contributed by atoms with Crippen LogP contribution < -0.4 is 5.32 Å². The Balaban J connectivity index is 2.98. The first-order valence-electron chi connectivity index (χ1n) is 4.51. The molecule has 1 rings (SSSR count). The van der Waals surface area contributed by atoms with Crippen molar-refractivity contribution < 1.29 is 5.11 Å². The van der Waals surface area contributed by atoms with Crippen LogP contribution in [0, 0.1) is 6.92 Å². The molecule has 1 unspecified atom stereocenters. The molecule has 3 nitrogen and oxygen atoms in total. The molecule has 0 fully saturated rings. The van der Waals surface area contributed by atoms with Crippen LogP contribution in [0.4, 0.5) is 5.82 Å².